The molecule has 0 saturated carbocycles. The lowest BCUT2D eigenvalue weighted by Crippen LogP contribution is -2.12. The maximum atomic E-state index is 12.0. The molecule has 132 valence electrons. The van der Waals surface area contributed by atoms with E-state index in [1.807, 2.05) is 36.4 Å². The molecule has 0 spiro atoms. The molecule has 4 heteroatoms. The van der Waals surface area contributed by atoms with Crippen LogP contribution in [0.2, 0.25) is 0 Å². The number of esters is 1. The molecule has 0 atom stereocenters. The molecule has 3 aromatic rings. The van der Waals surface area contributed by atoms with Crippen molar-refractivity contribution in [2.75, 3.05) is 12.4 Å². The largest absolute Gasteiger partial charge is 0.466 e. The van der Waals surface area contributed by atoms with Gasteiger partial charge >= 0.3 is 5.97 Å². The van der Waals surface area contributed by atoms with E-state index in [0.29, 0.717) is 5.57 Å². The molecule has 0 saturated heterocycles. The molecular formula is C22H21NO3. The monoisotopic (exact) mass is 347 g/mol. The molecule has 1 amide bonds. The minimum Gasteiger partial charge on any atom is -0.466 e. The van der Waals surface area contributed by atoms with E-state index in [0.717, 1.165) is 33.3 Å². The lowest BCUT2D eigenvalue weighted by atomic mass is 10.0. The summed E-state index contributed by atoms with van der Waals surface area (Å²) in [5.74, 6) is -0.540. The molecule has 3 aromatic carbocycles. The molecule has 0 fully saturated rings. The van der Waals surface area contributed by atoms with E-state index in [2.05, 4.69) is 41.4 Å². The third-order valence-electron chi connectivity index (χ3n) is 3.77. The summed E-state index contributed by atoms with van der Waals surface area (Å²) in [6, 6.07) is 18.3. The molecule has 26 heavy (non-hydrogen) atoms. The van der Waals surface area contributed by atoms with E-state index in [1.165, 1.54) is 7.11 Å². The zero-order chi connectivity index (χ0) is 19.1. The second kappa shape index (κ2) is 8.62. The summed E-state index contributed by atoms with van der Waals surface area (Å²) in [4.78, 5) is 21.8. The van der Waals surface area contributed by atoms with E-state index in [1.54, 1.807) is 6.92 Å². The van der Waals surface area contributed by atoms with Crippen LogP contribution >= 0.6 is 0 Å². The van der Waals surface area contributed by atoms with E-state index in [-0.39, 0.29) is 5.91 Å². The minimum atomic E-state index is -0.394. The number of anilines is 1. The number of hydrogen-bond acceptors (Lipinski definition) is 3. The van der Waals surface area contributed by atoms with Gasteiger partial charge in [-0.15, -0.1) is 0 Å². The first-order valence-electron chi connectivity index (χ1n) is 8.05. The topological polar surface area (TPSA) is 55.4 Å². The van der Waals surface area contributed by atoms with Gasteiger partial charge in [-0.25, -0.2) is 4.79 Å². The molecule has 0 radical (unpaired) electrons. The van der Waals surface area contributed by atoms with Crippen molar-refractivity contribution in [3.05, 3.63) is 79.4 Å². The van der Waals surface area contributed by atoms with Crippen molar-refractivity contribution in [1.29, 1.82) is 0 Å². The van der Waals surface area contributed by atoms with Crippen LogP contribution in [0.3, 0.4) is 0 Å². The zero-order valence-corrected chi connectivity index (χ0v) is 14.9. The van der Waals surface area contributed by atoms with Crippen LogP contribution in [0.5, 0.6) is 0 Å². The van der Waals surface area contributed by atoms with Crippen LogP contribution < -0.4 is 5.32 Å². The molecule has 0 bridgehead atoms. The predicted octanol–water partition coefficient (Wildman–Crippen LogP) is 4.85. The van der Waals surface area contributed by atoms with Gasteiger partial charge in [0.05, 0.1) is 12.8 Å². The Balaban J connectivity index is 0.000000352. The van der Waals surface area contributed by atoms with E-state index in [9.17, 15) is 9.59 Å². The molecule has 0 aliphatic carbocycles. The fraction of sp³-hybridized carbons (Fsp3) is 0.0909. The second-order valence-electron chi connectivity index (χ2n) is 5.66. The van der Waals surface area contributed by atoms with Crippen molar-refractivity contribution in [1.82, 2.24) is 0 Å². The Labute approximate surface area is 152 Å². The Morgan fingerprint density at radius 3 is 1.88 bits per heavy atom. The van der Waals surface area contributed by atoms with Crippen LogP contribution in [-0.2, 0) is 14.3 Å². The van der Waals surface area contributed by atoms with E-state index >= 15 is 0 Å². The number of fused-ring (bicyclic) bond motifs is 2. The van der Waals surface area contributed by atoms with Gasteiger partial charge in [-0.2, -0.15) is 0 Å². The number of methoxy groups -OCH3 is 1. The van der Waals surface area contributed by atoms with Gasteiger partial charge in [0.25, 0.3) is 5.91 Å². The lowest BCUT2D eigenvalue weighted by Gasteiger charge is -2.12. The van der Waals surface area contributed by atoms with Crippen molar-refractivity contribution in [2.24, 2.45) is 0 Å². The molecular weight excluding hydrogens is 326 g/mol. The summed E-state index contributed by atoms with van der Waals surface area (Å²) in [5.41, 5.74) is 1.36. The first-order valence-corrected chi connectivity index (χ1v) is 8.05. The molecule has 4 nitrogen and oxygen atoms in total. The zero-order valence-electron chi connectivity index (χ0n) is 14.9. The van der Waals surface area contributed by atoms with Crippen molar-refractivity contribution in [2.45, 2.75) is 6.92 Å². The molecule has 0 aliphatic rings. The summed E-state index contributed by atoms with van der Waals surface area (Å²) in [6.07, 6.45) is 1.11. The number of hydrogen-bond donors (Lipinski definition) is 1. The van der Waals surface area contributed by atoms with Crippen molar-refractivity contribution in [3.63, 3.8) is 0 Å². The fourth-order valence-corrected chi connectivity index (χ4v) is 2.45. The molecule has 3 rings (SSSR count). The Morgan fingerprint density at radius 2 is 1.50 bits per heavy atom. The second-order valence-corrected chi connectivity index (χ2v) is 5.66. The van der Waals surface area contributed by atoms with Crippen LogP contribution in [0.15, 0.2) is 79.4 Å². The maximum absolute atomic E-state index is 12.0. The highest BCUT2D eigenvalue weighted by Crippen LogP contribution is 2.32. The van der Waals surface area contributed by atoms with E-state index in [4.69, 9.17) is 0 Å². The van der Waals surface area contributed by atoms with Crippen LogP contribution in [0.4, 0.5) is 5.69 Å². The Hall–Kier alpha value is -3.40. The number of amides is 1. The van der Waals surface area contributed by atoms with Crippen LogP contribution in [0.1, 0.15) is 6.92 Å². The number of nitrogens with one attached hydrogen (secondary N) is 1. The van der Waals surface area contributed by atoms with Gasteiger partial charge in [0, 0.05) is 22.4 Å². The summed E-state index contributed by atoms with van der Waals surface area (Å²) in [6.45, 7) is 8.57. The number of ether oxygens (including phenoxy) is 1. The van der Waals surface area contributed by atoms with Gasteiger partial charge in [0.1, 0.15) is 0 Å². The third kappa shape index (κ3) is 4.36. The van der Waals surface area contributed by atoms with Crippen LogP contribution in [-0.4, -0.2) is 19.0 Å². The average Bonchev–Trinajstić information content (AvgIpc) is 2.67. The van der Waals surface area contributed by atoms with Gasteiger partial charge in [-0.1, -0.05) is 61.7 Å². The summed E-state index contributed by atoms with van der Waals surface area (Å²) in [5, 5.41) is 7.30. The highest BCUT2D eigenvalue weighted by Gasteiger charge is 2.10. The molecule has 0 aliphatic heterocycles. The first-order chi connectivity index (χ1) is 12.5. The fourth-order valence-electron chi connectivity index (χ4n) is 2.45. The standard InChI is InChI=1S/C18H15NO.C4H6O2/c1-12(2)18(20)19-17-15-9-5-3-7-13(15)11-14-8-4-6-10-16(14)17;1-3-4(5)6-2/h3-11H,1H2,2H3,(H,19,20);3H,1H2,2H3. The lowest BCUT2D eigenvalue weighted by molar-refractivity contribution is -0.134. The average molecular weight is 347 g/mol. The highest BCUT2D eigenvalue weighted by molar-refractivity contribution is 6.17. The highest BCUT2D eigenvalue weighted by atomic mass is 16.5. The van der Waals surface area contributed by atoms with E-state index < -0.39 is 5.97 Å². The SMILES string of the molecule is C=C(C)C(=O)Nc1c2ccccc2cc2ccccc12.C=CC(=O)OC. The van der Waals surface area contributed by atoms with Gasteiger partial charge in [-0.05, 0) is 23.8 Å². The Kier molecular flexibility index (Phi) is 6.28. The number of carbonyl (C=O) groups excluding carboxylic acids is 2. The smallest absolute Gasteiger partial charge is 0.329 e. The number of rotatable bonds is 3. The molecule has 0 unspecified atom stereocenters. The molecule has 1 N–H and O–H groups in total. The number of benzene rings is 3. The minimum absolute atomic E-state index is 0.147. The van der Waals surface area contributed by atoms with Gasteiger partial charge in [0.15, 0.2) is 0 Å². The van der Waals surface area contributed by atoms with Crippen molar-refractivity contribution < 1.29 is 14.3 Å². The number of carbonyl (C=O) groups is 2. The Morgan fingerprint density at radius 1 is 1.00 bits per heavy atom. The van der Waals surface area contributed by atoms with Crippen LogP contribution in [0, 0.1) is 0 Å². The quantitative estimate of drug-likeness (QED) is 0.418. The first kappa shape index (κ1) is 18.9. The summed E-state index contributed by atoms with van der Waals surface area (Å²) < 4.78 is 4.14. The van der Waals surface area contributed by atoms with Gasteiger partial charge in [0.2, 0.25) is 0 Å². The summed E-state index contributed by atoms with van der Waals surface area (Å²) in [7, 11) is 1.31. The molecule has 0 heterocycles. The normalized spacial score (nSPS) is 9.77. The van der Waals surface area contributed by atoms with Crippen molar-refractivity contribution in [3.8, 4) is 0 Å². The van der Waals surface area contributed by atoms with Gasteiger partial charge < -0.3 is 10.1 Å². The third-order valence-corrected chi connectivity index (χ3v) is 3.77. The van der Waals surface area contributed by atoms with Crippen molar-refractivity contribution >= 4 is 39.1 Å². The summed E-state index contributed by atoms with van der Waals surface area (Å²) >= 11 is 0. The Bertz CT molecular complexity index is 935. The predicted molar refractivity (Wildman–Crippen MR) is 107 cm³/mol. The van der Waals surface area contributed by atoms with Gasteiger partial charge in [-0.3, -0.25) is 4.79 Å². The molecule has 0 aromatic heterocycles. The maximum Gasteiger partial charge on any atom is 0.329 e. The van der Waals surface area contributed by atoms with Crippen LogP contribution in [0.25, 0.3) is 21.5 Å².